The van der Waals surface area contributed by atoms with Crippen LogP contribution in [-0.2, 0) is 10.2 Å². The maximum Gasteiger partial charge on any atom is 0.241 e. The number of amides is 1. The maximum absolute atomic E-state index is 13.3. The lowest BCUT2D eigenvalue weighted by Crippen LogP contribution is -2.39. The van der Waals surface area contributed by atoms with E-state index >= 15 is 0 Å². The minimum Gasteiger partial charge on any atom is -0.314 e. The molecule has 1 aromatic heterocycles. The summed E-state index contributed by atoms with van der Waals surface area (Å²) < 4.78 is 0. The SMILES string of the molecule is C=CCCCCCC1(c2ccncc2)C(=O)N(C)c2ccccc21. The van der Waals surface area contributed by atoms with Crippen molar-refractivity contribution >= 4 is 11.6 Å². The van der Waals surface area contributed by atoms with Crippen molar-refractivity contribution in [3.8, 4) is 0 Å². The molecule has 3 nitrogen and oxygen atoms in total. The van der Waals surface area contributed by atoms with Gasteiger partial charge in [0.1, 0.15) is 5.41 Å². The van der Waals surface area contributed by atoms with E-state index in [-0.39, 0.29) is 5.91 Å². The molecule has 1 aliphatic heterocycles. The Morgan fingerprint density at radius 3 is 2.62 bits per heavy atom. The summed E-state index contributed by atoms with van der Waals surface area (Å²) in [5, 5.41) is 0. The smallest absolute Gasteiger partial charge is 0.241 e. The molecule has 1 atom stereocenters. The number of aromatic nitrogens is 1. The number of hydrogen-bond acceptors (Lipinski definition) is 2. The van der Waals surface area contributed by atoms with Crippen LogP contribution in [0.1, 0.15) is 43.2 Å². The van der Waals surface area contributed by atoms with Crippen LogP contribution in [0.5, 0.6) is 0 Å². The number of nitrogens with zero attached hydrogens (tertiary/aromatic N) is 2. The van der Waals surface area contributed by atoms with E-state index in [9.17, 15) is 4.79 Å². The molecule has 3 rings (SSSR count). The fourth-order valence-electron chi connectivity index (χ4n) is 3.79. The molecular weight excluding hydrogens is 296 g/mol. The van der Waals surface area contributed by atoms with Crippen LogP contribution < -0.4 is 4.90 Å². The zero-order valence-electron chi connectivity index (χ0n) is 14.2. The van der Waals surface area contributed by atoms with E-state index in [0.717, 1.165) is 48.9 Å². The third kappa shape index (κ3) is 2.64. The van der Waals surface area contributed by atoms with Crippen LogP contribution in [0.15, 0.2) is 61.4 Å². The Morgan fingerprint density at radius 1 is 1.12 bits per heavy atom. The predicted octanol–water partition coefficient (Wildman–Crippen LogP) is 4.48. The first-order valence-corrected chi connectivity index (χ1v) is 8.61. The number of carbonyl (C=O) groups excluding carboxylic acids is 1. The van der Waals surface area contributed by atoms with Crippen LogP contribution in [0, 0.1) is 0 Å². The highest BCUT2D eigenvalue weighted by Crippen LogP contribution is 2.48. The van der Waals surface area contributed by atoms with Gasteiger partial charge in [0.2, 0.25) is 5.91 Å². The van der Waals surface area contributed by atoms with Crippen LogP contribution in [0.25, 0.3) is 0 Å². The number of allylic oxidation sites excluding steroid dienone is 1. The number of benzene rings is 1. The van der Waals surface area contributed by atoms with Crippen molar-refractivity contribution in [3.05, 3.63) is 72.6 Å². The van der Waals surface area contributed by atoms with Gasteiger partial charge < -0.3 is 4.90 Å². The standard InChI is InChI=1S/C21H24N2O/c1-3-4-5-6-9-14-21(17-12-15-22-16-13-17)18-10-7-8-11-19(18)23(2)20(21)24/h3,7-8,10-13,15-16H,1,4-6,9,14H2,2H3. The Bertz CT molecular complexity index is 726. The van der Waals surface area contributed by atoms with E-state index in [1.165, 1.54) is 0 Å². The molecule has 0 spiro atoms. The average Bonchev–Trinajstić information content (AvgIpc) is 2.85. The number of para-hydroxylation sites is 1. The summed E-state index contributed by atoms with van der Waals surface area (Å²) >= 11 is 0. The first kappa shape index (κ1) is 16.4. The number of rotatable bonds is 7. The number of anilines is 1. The van der Waals surface area contributed by atoms with E-state index in [2.05, 4.69) is 17.6 Å². The molecule has 1 aliphatic rings. The quantitative estimate of drug-likeness (QED) is 0.556. The Morgan fingerprint density at radius 2 is 1.88 bits per heavy atom. The minimum absolute atomic E-state index is 0.165. The van der Waals surface area contributed by atoms with Crippen molar-refractivity contribution in [1.29, 1.82) is 0 Å². The van der Waals surface area contributed by atoms with E-state index < -0.39 is 5.41 Å². The first-order valence-electron chi connectivity index (χ1n) is 8.61. The molecule has 0 N–H and O–H groups in total. The number of fused-ring (bicyclic) bond motifs is 1. The number of likely N-dealkylation sites (N-methyl/N-ethyl adjacent to an activating group) is 1. The fraction of sp³-hybridized carbons (Fsp3) is 0.333. The normalized spacial score (nSPS) is 19.4. The average molecular weight is 320 g/mol. The molecule has 0 aliphatic carbocycles. The molecule has 1 unspecified atom stereocenters. The molecule has 24 heavy (non-hydrogen) atoms. The summed E-state index contributed by atoms with van der Waals surface area (Å²) in [6.45, 7) is 3.78. The van der Waals surface area contributed by atoms with Crippen molar-refractivity contribution in [3.63, 3.8) is 0 Å². The van der Waals surface area contributed by atoms with Crippen molar-refractivity contribution in [2.75, 3.05) is 11.9 Å². The van der Waals surface area contributed by atoms with Crippen molar-refractivity contribution in [1.82, 2.24) is 4.98 Å². The van der Waals surface area contributed by atoms with Gasteiger partial charge in [0.15, 0.2) is 0 Å². The number of pyridine rings is 1. The molecule has 0 bridgehead atoms. The fourth-order valence-corrected chi connectivity index (χ4v) is 3.79. The van der Waals surface area contributed by atoms with Gasteiger partial charge in [-0.15, -0.1) is 6.58 Å². The predicted molar refractivity (Wildman–Crippen MR) is 98.2 cm³/mol. The van der Waals surface area contributed by atoms with Crippen molar-refractivity contribution < 1.29 is 4.79 Å². The van der Waals surface area contributed by atoms with Gasteiger partial charge >= 0.3 is 0 Å². The largest absolute Gasteiger partial charge is 0.314 e. The molecule has 0 radical (unpaired) electrons. The summed E-state index contributed by atoms with van der Waals surface area (Å²) in [4.78, 5) is 19.2. The van der Waals surface area contributed by atoms with Gasteiger partial charge in [-0.1, -0.05) is 37.1 Å². The van der Waals surface area contributed by atoms with Gasteiger partial charge in [-0.05, 0) is 48.6 Å². The third-order valence-electron chi connectivity index (χ3n) is 5.03. The lowest BCUT2D eigenvalue weighted by molar-refractivity contribution is -0.121. The molecule has 0 saturated carbocycles. The van der Waals surface area contributed by atoms with E-state index in [4.69, 9.17) is 0 Å². The number of carbonyl (C=O) groups is 1. The second-order valence-electron chi connectivity index (χ2n) is 6.41. The summed E-state index contributed by atoms with van der Waals surface area (Å²) in [5.74, 6) is 0.165. The van der Waals surface area contributed by atoms with Gasteiger partial charge in [0, 0.05) is 25.1 Å². The van der Waals surface area contributed by atoms with Crippen LogP contribution >= 0.6 is 0 Å². The Labute approximate surface area is 144 Å². The molecule has 2 heterocycles. The monoisotopic (exact) mass is 320 g/mol. The lowest BCUT2D eigenvalue weighted by Gasteiger charge is -2.29. The van der Waals surface area contributed by atoms with Gasteiger partial charge in [-0.25, -0.2) is 0 Å². The first-order chi connectivity index (χ1) is 11.7. The summed E-state index contributed by atoms with van der Waals surface area (Å²) in [7, 11) is 1.88. The van der Waals surface area contributed by atoms with Crippen LogP contribution in [0.4, 0.5) is 5.69 Å². The van der Waals surface area contributed by atoms with Crippen molar-refractivity contribution in [2.24, 2.45) is 0 Å². The molecule has 3 heteroatoms. The van der Waals surface area contributed by atoms with E-state index in [1.807, 2.05) is 43.5 Å². The van der Waals surface area contributed by atoms with Gasteiger partial charge in [0.25, 0.3) is 0 Å². The zero-order chi connectivity index (χ0) is 17.0. The molecule has 124 valence electrons. The van der Waals surface area contributed by atoms with Crippen molar-refractivity contribution in [2.45, 2.75) is 37.5 Å². The Kier molecular flexibility index (Phi) is 4.79. The number of unbranched alkanes of at least 4 members (excludes halogenated alkanes) is 3. The maximum atomic E-state index is 13.3. The summed E-state index contributed by atoms with van der Waals surface area (Å²) in [5.41, 5.74) is 2.60. The van der Waals surface area contributed by atoms with Crippen LogP contribution in [0.2, 0.25) is 0 Å². The highest BCUT2D eigenvalue weighted by atomic mass is 16.2. The van der Waals surface area contributed by atoms with Gasteiger partial charge in [-0.3, -0.25) is 9.78 Å². The molecule has 2 aromatic rings. The van der Waals surface area contributed by atoms with Crippen LogP contribution in [0.3, 0.4) is 0 Å². The molecule has 0 fully saturated rings. The second kappa shape index (κ2) is 7.00. The zero-order valence-corrected chi connectivity index (χ0v) is 14.2. The Balaban J connectivity index is 2.00. The van der Waals surface area contributed by atoms with Gasteiger partial charge in [-0.2, -0.15) is 0 Å². The second-order valence-corrected chi connectivity index (χ2v) is 6.41. The Hall–Kier alpha value is -2.42. The van der Waals surface area contributed by atoms with E-state index in [1.54, 1.807) is 17.3 Å². The molecule has 0 saturated heterocycles. The summed E-state index contributed by atoms with van der Waals surface area (Å²) in [6, 6.07) is 12.1. The third-order valence-corrected chi connectivity index (χ3v) is 5.03. The summed E-state index contributed by atoms with van der Waals surface area (Å²) in [6.07, 6.45) is 10.6. The minimum atomic E-state index is -0.581. The van der Waals surface area contributed by atoms with Crippen LogP contribution in [-0.4, -0.2) is 17.9 Å². The molecule has 1 amide bonds. The highest BCUT2D eigenvalue weighted by Gasteiger charge is 2.50. The lowest BCUT2D eigenvalue weighted by atomic mass is 9.72. The highest BCUT2D eigenvalue weighted by molar-refractivity contribution is 6.10. The van der Waals surface area contributed by atoms with Gasteiger partial charge in [0.05, 0.1) is 0 Å². The molecular formula is C21H24N2O. The van der Waals surface area contributed by atoms with E-state index in [0.29, 0.717) is 0 Å². The topological polar surface area (TPSA) is 33.2 Å². The molecule has 1 aromatic carbocycles. The number of hydrogen-bond donors (Lipinski definition) is 0.